The van der Waals surface area contributed by atoms with Crippen molar-refractivity contribution in [3.8, 4) is 5.69 Å². The van der Waals surface area contributed by atoms with Crippen LogP contribution in [-0.4, -0.2) is 56.4 Å². The van der Waals surface area contributed by atoms with Gasteiger partial charge in [-0.1, -0.05) is 0 Å². The van der Waals surface area contributed by atoms with Gasteiger partial charge in [0, 0.05) is 36.5 Å². The Kier molecular flexibility index (Phi) is 6.46. The molecule has 3 aromatic rings. The summed E-state index contributed by atoms with van der Waals surface area (Å²) >= 11 is 0. The monoisotopic (exact) mass is 537 g/mol. The number of nitrogens with zero attached hydrogens (tertiary/aromatic N) is 4. The Bertz CT molecular complexity index is 1470. The van der Waals surface area contributed by atoms with E-state index in [-0.39, 0.29) is 47.8 Å². The molecule has 1 aromatic heterocycles. The quantitative estimate of drug-likeness (QED) is 0.504. The van der Waals surface area contributed by atoms with Gasteiger partial charge in [0.05, 0.1) is 17.8 Å². The van der Waals surface area contributed by atoms with E-state index in [0.29, 0.717) is 32.5 Å². The molecule has 3 aliphatic rings. The van der Waals surface area contributed by atoms with Crippen LogP contribution in [0.1, 0.15) is 58.6 Å². The molecule has 2 saturated heterocycles. The Balaban J connectivity index is 1.18. The fourth-order valence-electron chi connectivity index (χ4n) is 5.96. The molecule has 8 nitrogen and oxygen atoms in total. The van der Waals surface area contributed by atoms with Crippen molar-refractivity contribution in [2.24, 2.45) is 0 Å². The highest BCUT2D eigenvalue weighted by molar-refractivity contribution is 6.05. The van der Waals surface area contributed by atoms with Crippen LogP contribution < -0.4 is 5.32 Å². The van der Waals surface area contributed by atoms with E-state index in [9.17, 15) is 18.8 Å². The average Bonchev–Trinajstić information content (AvgIpc) is 3.54. The van der Waals surface area contributed by atoms with Crippen LogP contribution in [-0.2, 0) is 22.7 Å². The van der Waals surface area contributed by atoms with E-state index in [2.05, 4.69) is 15.3 Å². The number of benzene rings is 2. The molecular weight excluding hydrogens is 511 g/mol. The van der Waals surface area contributed by atoms with Crippen molar-refractivity contribution < 1.29 is 27.6 Å². The number of fused-ring (bicyclic) bond motifs is 1. The fraction of sp³-hybridized carbons (Fsp3) is 0.357. The standard InChI is InChI=1S/C28H26F3N5O3/c29-18-2-3-22(36-9-1-8-32-36)17(12-18)14-34-10-6-16(7-11-34)25-21(30)13-19-20(26(25)31)15-35(28(19)39)23-4-5-24(37)33-27(23)38/h1-3,8-9,12-13,16,23H,4-7,10-11,14-15H2,(H,33,37,38). The van der Waals surface area contributed by atoms with Crippen LogP contribution in [0.2, 0.25) is 0 Å². The number of likely N-dealkylation sites (tertiary alicyclic amines) is 1. The summed E-state index contributed by atoms with van der Waals surface area (Å²) < 4.78 is 46.7. The third-order valence-corrected chi connectivity index (χ3v) is 7.94. The molecule has 6 rings (SSSR count). The first-order chi connectivity index (χ1) is 18.8. The summed E-state index contributed by atoms with van der Waals surface area (Å²) in [5.74, 6) is -3.87. The van der Waals surface area contributed by atoms with Gasteiger partial charge in [-0.15, -0.1) is 0 Å². The normalized spacial score (nSPS) is 20.4. The number of piperidine rings is 2. The summed E-state index contributed by atoms with van der Waals surface area (Å²) in [7, 11) is 0. The third-order valence-electron chi connectivity index (χ3n) is 7.94. The van der Waals surface area contributed by atoms with Crippen LogP contribution in [0, 0.1) is 17.5 Å². The molecule has 0 bridgehead atoms. The molecule has 3 aliphatic heterocycles. The SMILES string of the molecule is O=C1CCC(N2Cc3c(cc(F)c(C4CCN(Cc5cc(F)ccc5-n5cccn5)CC4)c3F)C2=O)C(=O)N1. The minimum Gasteiger partial charge on any atom is -0.322 e. The second kappa shape index (κ2) is 9.96. The number of carbonyl (C=O) groups excluding carboxylic acids is 3. The average molecular weight is 538 g/mol. The molecule has 202 valence electrons. The van der Waals surface area contributed by atoms with E-state index >= 15 is 8.78 Å². The number of aromatic nitrogens is 2. The van der Waals surface area contributed by atoms with E-state index in [4.69, 9.17) is 0 Å². The molecule has 1 unspecified atom stereocenters. The minimum atomic E-state index is -0.897. The largest absolute Gasteiger partial charge is 0.322 e. The van der Waals surface area contributed by atoms with Crippen LogP contribution in [0.25, 0.3) is 5.69 Å². The van der Waals surface area contributed by atoms with Crippen LogP contribution in [0.4, 0.5) is 13.2 Å². The van der Waals surface area contributed by atoms with Crippen molar-refractivity contribution in [3.05, 3.63) is 82.4 Å². The number of nitrogens with one attached hydrogen (secondary N) is 1. The molecule has 4 heterocycles. The van der Waals surface area contributed by atoms with Crippen LogP contribution in [0.3, 0.4) is 0 Å². The van der Waals surface area contributed by atoms with Crippen LogP contribution in [0.5, 0.6) is 0 Å². The van der Waals surface area contributed by atoms with Gasteiger partial charge in [0.2, 0.25) is 11.8 Å². The lowest BCUT2D eigenvalue weighted by atomic mass is 9.86. The zero-order chi connectivity index (χ0) is 27.3. The van der Waals surface area contributed by atoms with Crippen LogP contribution >= 0.6 is 0 Å². The number of rotatable bonds is 5. The lowest BCUT2D eigenvalue weighted by Gasteiger charge is -2.33. The predicted octanol–water partition coefficient (Wildman–Crippen LogP) is 3.43. The Morgan fingerprint density at radius 2 is 1.82 bits per heavy atom. The Labute approximate surface area is 222 Å². The smallest absolute Gasteiger partial charge is 0.255 e. The number of carbonyl (C=O) groups is 3. The van der Waals surface area contributed by atoms with Gasteiger partial charge in [0.15, 0.2) is 0 Å². The molecule has 0 spiro atoms. The Hall–Kier alpha value is -3.99. The highest BCUT2D eigenvalue weighted by Gasteiger charge is 2.42. The maximum Gasteiger partial charge on any atom is 0.255 e. The van der Waals surface area contributed by atoms with Gasteiger partial charge in [-0.3, -0.25) is 24.6 Å². The lowest BCUT2D eigenvalue weighted by molar-refractivity contribution is -0.136. The van der Waals surface area contributed by atoms with E-state index < -0.39 is 35.4 Å². The van der Waals surface area contributed by atoms with Crippen molar-refractivity contribution in [3.63, 3.8) is 0 Å². The summed E-state index contributed by atoms with van der Waals surface area (Å²) in [4.78, 5) is 40.1. The first-order valence-electron chi connectivity index (χ1n) is 13.0. The van der Waals surface area contributed by atoms with Crippen molar-refractivity contribution in [2.45, 2.75) is 50.7 Å². The van der Waals surface area contributed by atoms with Gasteiger partial charge in [0.25, 0.3) is 5.91 Å². The number of halogens is 3. The molecule has 1 N–H and O–H groups in total. The first kappa shape index (κ1) is 25.3. The topological polar surface area (TPSA) is 87.5 Å². The summed E-state index contributed by atoms with van der Waals surface area (Å²) in [6.45, 7) is 1.42. The molecule has 0 saturated carbocycles. The minimum absolute atomic E-state index is 0.0330. The van der Waals surface area contributed by atoms with Gasteiger partial charge in [0.1, 0.15) is 23.5 Å². The summed E-state index contributed by atoms with van der Waals surface area (Å²) in [5.41, 5.74) is 1.51. The molecule has 3 amide bonds. The first-order valence-corrected chi connectivity index (χ1v) is 13.0. The number of hydrogen-bond acceptors (Lipinski definition) is 5. The van der Waals surface area contributed by atoms with E-state index in [1.807, 2.05) is 0 Å². The third kappa shape index (κ3) is 4.60. The highest BCUT2D eigenvalue weighted by atomic mass is 19.1. The summed E-state index contributed by atoms with van der Waals surface area (Å²) in [6, 6.07) is 6.52. The highest BCUT2D eigenvalue weighted by Crippen LogP contribution is 2.38. The molecule has 2 fully saturated rings. The zero-order valence-electron chi connectivity index (χ0n) is 21.0. The van der Waals surface area contributed by atoms with E-state index in [1.165, 1.54) is 17.0 Å². The van der Waals surface area contributed by atoms with Gasteiger partial charge in [-0.2, -0.15) is 5.10 Å². The Morgan fingerprint density at radius 1 is 1.03 bits per heavy atom. The maximum absolute atomic E-state index is 15.8. The van der Waals surface area contributed by atoms with E-state index in [1.54, 1.807) is 29.2 Å². The molecule has 1 atom stereocenters. The van der Waals surface area contributed by atoms with Crippen molar-refractivity contribution >= 4 is 17.7 Å². The van der Waals surface area contributed by atoms with Crippen molar-refractivity contribution in [1.82, 2.24) is 24.9 Å². The fourth-order valence-corrected chi connectivity index (χ4v) is 5.96. The van der Waals surface area contributed by atoms with Gasteiger partial charge in [-0.25, -0.2) is 17.9 Å². The molecule has 11 heteroatoms. The second-order valence-electron chi connectivity index (χ2n) is 10.3. The van der Waals surface area contributed by atoms with Gasteiger partial charge >= 0.3 is 0 Å². The molecule has 0 radical (unpaired) electrons. The lowest BCUT2D eigenvalue weighted by Crippen LogP contribution is -2.52. The van der Waals surface area contributed by atoms with E-state index in [0.717, 1.165) is 17.3 Å². The second-order valence-corrected chi connectivity index (χ2v) is 10.3. The molecule has 2 aromatic carbocycles. The van der Waals surface area contributed by atoms with Crippen molar-refractivity contribution in [1.29, 1.82) is 0 Å². The van der Waals surface area contributed by atoms with Gasteiger partial charge in [-0.05, 0) is 74.2 Å². The molecule has 39 heavy (non-hydrogen) atoms. The molecular formula is C28H26F3N5O3. The summed E-state index contributed by atoms with van der Waals surface area (Å²) in [6.07, 6.45) is 4.64. The van der Waals surface area contributed by atoms with Crippen LogP contribution in [0.15, 0.2) is 42.7 Å². The Morgan fingerprint density at radius 3 is 2.54 bits per heavy atom. The number of amides is 3. The van der Waals surface area contributed by atoms with Crippen molar-refractivity contribution in [2.75, 3.05) is 13.1 Å². The molecule has 0 aliphatic carbocycles. The number of imide groups is 1. The predicted molar refractivity (Wildman–Crippen MR) is 133 cm³/mol. The number of hydrogen-bond donors (Lipinski definition) is 1. The maximum atomic E-state index is 15.8. The summed E-state index contributed by atoms with van der Waals surface area (Å²) in [5, 5.41) is 6.45. The van der Waals surface area contributed by atoms with Gasteiger partial charge < -0.3 is 4.90 Å². The zero-order valence-corrected chi connectivity index (χ0v) is 21.0.